The lowest BCUT2D eigenvalue weighted by molar-refractivity contribution is 0.0293. The lowest BCUT2D eigenvalue weighted by Gasteiger charge is -2.25. The van der Waals surface area contributed by atoms with E-state index in [-0.39, 0.29) is 6.10 Å². The summed E-state index contributed by atoms with van der Waals surface area (Å²) in [4.78, 5) is 1.16. The Morgan fingerprint density at radius 1 is 1.26 bits per heavy atom. The number of ether oxygens (including phenoxy) is 1. The fraction of sp³-hybridized carbons (Fsp3) is 0.273. The predicted molar refractivity (Wildman–Crippen MR) is 109 cm³/mol. The third kappa shape index (κ3) is 3.93. The van der Waals surface area contributed by atoms with Crippen molar-refractivity contribution >= 4 is 11.5 Å². The number of hydrogen-bond acceptors (Lipinski definition) is 5. The SMILES string of the molecule is Cc1cc(CC2CNCCO2)c(-c2ccns2)c(-c2ccc(C#N)cc2)c1. The smallest absolute Gasteiger partial charge is 0.0991 e. The lowest BCUT2D eigenvalue weighted by Crippen LogP contribution is -2.39. The zero-order valence-corrected chi connectivity index (χ0v) is 16.1. The summed E-state index contributed by atoms with van der Waals surface area (Å²) in [6.45, 7) is 4.69. The molecule has 0 amide bonds. The summed E-state index contributed by atoms with van der Waals surface area (Å²) in [6, 6.07) is 16.6. The predicted octanol–water partition coefficient (Wildman–Crippen LogP) is 4.19. The maximum Gasteiger partial charge on any atom is 0.0991 e. The van der Waals surface area contributed by atoms with E-state index in [9.17, 15) is 0 Å². The number of nitriles is 1. The summed E-state index contributed by atoms with van der Waals surface area (Å²) in [5, 5.41) is 12.5. The van der Waals surface area contributed by atoms with Crippen molar-refractivity contribution in [3.63, 3.8) is 0 Å². The topological polar surface area (TPSA) is 57.9 Å². The van der Waals surface area contributed by atoms with E-state index >= 15 is 0 Å². The van der Waals surface area contributed by atoms with Crippen molar-refractivity contribution in [1.29, 1.82) is 5.26 Å². The standard InChI is InChI=1S/C22H21N3OS/c1-15-10-18(12-19-14-24-8-9-26-19)22(21-6-7-25-27-21)20(11-15)17-4-2-16(13-23)3-5-17/h2-7,10-11,19,24H,8-9,12,14H2,1H3. The van der Waals surface area contributed by atoms with Crippen LogP contribution in [0.25, 0.3) is 21.6 Å². The van der Waals surface area contributed by atoms with Gasteiger partial charge in [0.15, 0.2) is 0 Å². The highest BCUT2D eigenvalue weighted by Gasteiger charge is 2.20. The summed E-state index contributed by atoms with van der Waals surface area (Å²) >= 11 is 1.52. The van der Waals surface area contributed by atoms with Gasteiger partial charge in [0.05, 0.1) is 29.2 Å². The molecule has 0 aliphatic carbocycles. The van der Waals surface area contributed by atoms with Gasteiger partial charge in [-0.1, -0.05) is 29.8 Å². The van der Waals surface area contributed by atoms with Crippen LogP contribution in [-0.4, -0.2) is 30.2 Å². The molecule has 5 heteroatoms. The molecule has 0 radical (unpaired) electrons. The van der Waals surface area contributed by atoms with Gasteiger partial charge in [-0.2, -0.15) is 5.26 Å². The van der Waals surface area contributed by atoms with Crippen LogP contribution < -0.4 is 5.32 Å². The molecule has 2 aromatic carbocycles. The molecule has 27 heavy (non-hydrogen) atoms. The number of aryl methyl sites for hydroxylation is 1. The van der Waals surface area contributed by atoms with Crippen molar-refractivity contribution in [3.05, 3.63) is 65.4 Å². The van der Waals surface area contributed by atoms with Crippen molar-refractivity contribution in [3.8, 4) is 27.6 Å². The van der Waals surface area contributed by atoms with E-state index < -0.39 is 0 Å². The quantitative estimate of drug-likeness (QED) is 0.743. The summed E-state index contributed by atoms with van der Waals surface area (Å²) in [5.74, 6) is 0. The minimum atomic E-state index is 0.182. The molecule has 4 nitrogen and oxygen atoms in total. The maximum absolute atomic E-state index is 9.10. The summed E-state index contributed by atoms with van der Waals surface area (Å²) in [7, 11) is 0. The third-order valence-corrected chi connectivity index (χ3v) is 5.59. The second-order valence-electron chi connectivity index (χ2n) is 6.81. The Hall–Kier alpha value is -2.52. The van der Waals surface area contributed by atoms with E-state index in [1.54, 1.807) is 0 Å². The highest BCUT2D eigenvalue weighted by atomic mass is 32.1. The Balaban J connectivity index is 1.83. The number of hydrogen-bond donors (Lipinski definition) is 1. The van der Waals surface area contributed by atoms with Crippen LogP contribution in [0.2, 0.25) is 0 Å². The Kier molecular flexibility index (Phi) is 5.30. The van der Waals surface area contributed by atoms with E-state index in [1.807, 2.05) is 30.5 Å². The van der Waals surface area contributed by atoms with Crippen LogP contribution in [0.1, 0.15) is 16.7 Å². The molecule has 0 bridgehead atoms. The van der Waals surface area contributed by atoms with Crippen LogP contribution in [0, 0.1) is 18.3 Å². The molecular formula is C22H21N3OS. The number of aromatic nitrogens is 1. The van der Waals surface area contributed by atoms with Gasteiger partial charge in [-0.25, -0.2) is 4.37 Å². The van der Waals surface area contributed by atoms with Crippen LogP contribution in [0.4, 0.5) is 0 Å². The normalized spacial score (nSPS) is 16.8. The van der Waals surface area contributed by atoms with E-state index in [0.717, 1.165) is 36.6 Å². The highest BCUT2D eigenvalue weighted by molar-refractivity contribution is 7.09. The molecule has 1 fully saturated rings. The lowest BCUT2D eigenvalue weighted by atomic mass is 9.89. The Labute approximate surface area is 163 Å². The minimum Gasteiger partial charge on any atom is -0.375 e. The first kappa shape index (κ1) is 17.9. The summed E-state index contributed by atoms with van der Waals surface area (Å²) in [5.41, 5.74) is 6.70. The van der Waals surface area contributed by atoms with E-state index in [4.69, 9.17) is 10.00 Å². The number of rotatable bonds is 4. The highest BCUT2D eigenvalue weighted by Crippen LogP contribution is 2.38. The molecule has 1 unspecified atom stereocenters. The van der Waals surface area contributed by atoms with Crippen molar-refractivity contribution in [1.82, 2.24) is 9.69 Å². The maximum atomic E-state index is 9.10. The van der Waals surface area contributed by atoms with E-state index in [0.29, 0.717) is 5.56 Å². The first-order valence-electron chi connectivity index (χ1n) is 9.12. The van der Waals surface area contributed by atoms with E-state index in [2.05, 4.69) is 40.9 Å². The van der Waals surface area contributed by atoms with Crippen LogP contribution >= 0.6 is 11.5 Å². The molecule has 1 atom stereocenters. The largest absolute Gasteiger partial charge is 0.375 e. The van der Waals surface area contributed by atoms with Gasteiger partial charge < -0.3 is 10.1 Å². The first-order chi connectivity index (χ1) is 13.2. The van der Waals surface area contributed by atoms with Crippen LogP contribution in [-0.2, 0) is 11.2 Å². The second kappa shape index (κ2) is 8.01. The molecule has 0 spiro atoms. The van der Waals surface area contributed by atoms with Gasteiger partial charge in [-0.15, -0.1) is 0 Å². The fourth-order valence-corrected chi connectivity index (χ4v) is 4.30. The summed E-state index contributed by atoms with van der Waals surface area (Å²) < 4.78 is 10.3. The molecule has 1 N–H and O–H groups in total. The molecule has 1 saturated heterocycles. The Morgan fingerprint density at radius 2 is 2.11 bits per heavy atom. The van der Waals surface area contributed by atoms with Gasteiger partial charge in [-0.05, 0) is 53.3 Å². The van der Waals surface area contributed by atoms with Gasteiger partial charge in [0.1, 0.15) is 0 Å². The van der Waals surface area contributed by atoms with Gasteiger partial charge in [0.25, 0.3) is 0 Å². The molecule has 1 aliphatic rings. The molecule has 0 saturated carbocycles. The van der Waals surface area contributed by atoms with Crippen LogP contribution in [0.5, 0.6) is 0 Å². The molecule has 3 aromatic rings. The first-order valence-corrected chi connectivity index (χ1v) is 9.89. The van der Waals surface area contributed by atoms with Crippen molar-refractivity contribution < 1.29 is 4.74 Å². The number of benzene rings is 2. The average molecular weight is 375 g/mol. The van der Waals surface area contributed by atoms with Crippen LogP contribution in [0.15, 0.2) is 48.7 Å². The average Bonchev–Trinajstić information content (AvgIpc) is 3.23. The van der Waals surface area contributed by atoms with Gasteiger partial charge >= 0.3 is 0 Å². The summed E-state index contributed by atoms with van der Waals surface area (Å²) in [6.07, 6.45) is 2.90. The molecule has 1 aromatic heterocycles. The molecule has 1 aliphatic heterocycles. The number of nitrogens with one attached hydrogen (secondary N) is 1. The van der Waals surface area contributed by atoms with E-state index in [1.165, 1.54) is 33.8 Å². The Morgan fingerprint density at radius 3 is 2.78 bits per heavy atom. The van der Waals surface area contributed by atoms with Gasteiger partial charge in [0, 0.05) is 31.3 Å². The minimum absolute atomic E-state index is 0.182. The number of nitrogens with zero attached hydrogens (tertiary/aromatic N) is 2. The van der Waals surface area contributed by atoms with Crippen LogP contribution in [0.3, 0.4) is 0 Å². The monoisotopic (exact) mass is 375 g/mol. The molecular weight excluding hydrogens is 354 g/mol. The fourth-order valence-electron chi connectivity index (χ4n) is 3.61. The molecule has 4 rings (SSSR count). The van der Waals surface area contributed by atoms with Gasteiger partial charge in [0.2, 0.25) is 0 Å². The Bertz CT molecular complexity index is 952. The third-order valence-electron chi connectivity index (χ3n) is 4.83. The second-order valence-corrected chi connectivity index (χ2v) is 7.65. The zero-order chi connectivity index (χ0) is 18.6. The van der Waals surface area contributed by atoms with Crippen molar-refractivity contribution in [2.75, 3.05) is 19.7 Å². The van der Waals surface area contributed by atoms with Gasteiger partial charge in [-0.3, -0.25) is 0 Å². The zero-order valence-electron chi connectivity index (χ0n) is 15.2. The molecule has 2 heterocycles. The number of morpholine rings is 1. The van der Waals surface area contributed by atoms with Crippen molar-refractivity contribution in [2.24, 2.45) is 0 Å². The van der Waals surface area contributed by atoms with Crippen molar-refractivity contribution in [2.45, 2.75) is 19.4 Å². The molecule has 136 valence electrons.